The predicted octanol–water partition coefficient (Wildman–Crippen LogP) is 4.34. The molecule has 27 heavy (non-hydrogen) atoms. The van der Waals surface area contributed by atoms with Gasteiger partial charge in [-0.1, -0.05) is 24.3 Å². The Hall–Kier alpha value is -2.33. The average molecular weight is 367 g/mol. The van der Waals surface area contributed by atoms with Crippen LogP contribution in [0.2, 0.25) is 0 Å². The highest BCUT2D eigenvalue weighted by molar-refractivity contribution is 5.94. The molecule has 0 spiro atoms. The molecule has 1 unspecified atom stereocenters. The summed E-state index contributed by atoms with van der Waals surface area (Å²) in [6.07, 6.45) is 3.39. The quantitative estimate of drug-likeness (QED) is 0.792. The summed E-state index contributed by atoms with van der Waals surface area (Å²) >= 11 is 0. The highest BCUT2D eigenvalue weighted by atomic mass is 16.5. The van der Waals surface area contributed by atoms with Crippen LogP contribution in [0.15, 0.2) is 42.5 Å². The van der Waals surface area contributed by atoms with Gasteiger partial charge in [-0.05, 0) is 68.0 Å². The molecule has 0 saturated carbocycles. The van der Waals surface area contributed by atoms with Crippen LogP contribution in [0.3, 0.4) is 0 Å². The number of carbonyl (C=O) groups excluding carboxylic acids is 1. The standard InChI is InChI=1S/C23H30N2O2/c1-4-25(5-2)23(26)18-14-12-17(13-15-18)16-24-21-10-6-9-20-19(21)8-7-11-22(20)27-3/h7-8,11-15,21,24H,4-6,9-10,16H2,1-3H3. The van der Waals surface area contributed by atoms with Gasteiger partial charge in [0.25, 0.3) is 5.91 Å². The van der Waals surface area contributed by atoms with Crippen LogP contribution in [0.4, 0.5) is 0 Å². The van der Waals surface area contributed by atoms with Gasteiger partial charge in [0.1, 0.15) is 5.75 Å². The van der Waals surface area contributed by atoms with Gasteiger partial charge in [0.2, 0.25) is 0 Å². The number of hydrogen-bond acceptors (Lipinski definition) is 3. The molecule has 3 rings (SSSR count). The summed E-state index contributed by atoms with van der Waals surface area (Å²) in [5, 5.41) is 3.69. The predicted molar refractivity (Wildman–Crippen MR) is 109 cm³/mol. The second kappa shape index (κ2) is 9.05. The Morgan fingerprint density at radius 1 is 1.15 bits per heavy atom. The van der Waals surface area contributed by atoms with Crippen LogP contribution in [0.1, 0.15) is 59.8 Å². The smallest absolute Gasteiger partial charge is 0.253 e. The van der Waals surface area contributed by atoms with E-state index in [1.165, 1.54) is 23.1 Å². The Balaban J connectivity index is 1.66. The van der Waals surface area contributed by atoms with Crippen molar-refractivity contribution in [2.45, 2.75) is 45.7 Å². The molecular formula is C23H30N2O2. The molecule has 1 N–H and O–H groups in total. The number of ether oxygens (including phenoxy) is 1. The maximum absolute atomic E-state index is 12.4. The molecule has 0 radical (unpaired) electrons. The van der Waals surface area contributed by atoms with E-state index < -0.39 is 0 Å². The second-order valence-corrected chi connectivity index (χ2v) is 7.03. The summed E-state index contributed by atoms with van der Waals surface area (Å²) in [4.78, 5) is 14.3. The normalized spacial score (nSPS) is 15.9. The van der Waals surface area contributed by atoms with Crippen molar-refractivity contribution >= 4 is 5.91 Å². The Morgan fingerprint density at radius 3 is 2.56 bits per heavy atom. The van der Waals surface area contributed by atoms with Crippen molar-refractivity contribution in [3.05, 3.63) is 64.7 Å². The monoisotopic (exact) mass is 366 g/mol. The Labute approximate surface area is 162 Å². The Bertz CT molecular complexity index is 766. The van der Waals surface area contributed by atoms with Gasteiger partial charge in [0, 0.05) is 31.2 Å². The van der Waals surface area contributed by atoms with E-state index in [9.17, 15) is 4.79 Å². The molecule has 0 saturated heterocycles. The van der Waals surface area contributed by atoms with Crippen LogP contribution < -0.4 is 10.1 Å². The van der Waals surface area contributed by atoms with E-state index in [0.717, 1.165) is 43.8 Å². The maximum atomic E-state index is 12.4. The van der Waals surface area contributed by atoms with E-state index in [4.69, 9.17) is 4.74 Å². The van der Waals surface area contributed by atoms with Crippen LogP contribution in [0.5, 0.6) is 5.75 Å². The molecular weight excluding hydrogens is 336 g/mol. The number of nitrogens with one attached hydrogen (secondary N) is 1. The molecule has 0 fully saturated rings. The van der Waals surface area contributed by atoms with E-state index in [-0.39, 0.29) is 5.91 Å². The maximum Gasteiger partial charge on any atom is 0.253 e. The van der Waals surface area contributed by atoms with Crippen molar-refractivity contribution in [3.63, 3.8) is 0 Å². The second-order valence-electron chi connectivity index (χ2n) is 7.03. The molecule has 0 aromatic heterocycles. The van der Waals surface area contributed by atoms with Crippen LogP contribution >= 0.6 is 0 Å². The van der Waals surface area contributed by atoms with Gasteiger partial charge in [0.05, 0.1) is 7.11 Å². The van der Waals surface area contributed by atoms with Crippen LogP contribution in [-0.2, 0) is 13.0 Å². The molecule has 1 aliphatic rings. The third-order valence-electron chi connectivity index (χ3n) is 5.49. The van der Waals surface area contributed by atoms with Gasteiger partial charge < -0.3 is 15.0 Å². The molecule has 1 amide bonds. The number of benzene rings is 2. The lowest BCUT2D eigenvalue weighted by molar-refractivity contribution is 0.0773. The van der Waals surface area contributed by atoms with Crippen LogP contribution in [-0.4, -0.2) is 31.0 Å². The number of nitrogens with zero attached hydrogens (tertiary/aromatic N) is 1. The van der Waals surface area contributed by atoms with Crippen LogP contribution in [0.25, 0.3) is 0 Å². The summed E-state index contributed by atoms with van der Waals surface area (Å²) in [5.74, 6) is 1.10. The zero-order valence-corrected chi connectivity index (χ0v) is 16.6. The first-order chi connectivity index (χ1) is 13.2. The minimum absolute atomic E-state index is 0.104. The van der Waals surface area contributed by atoms with Gasteiger partial charge in [-0.15, -0.1) is 0 Å². The van der Waals surface area contributed by atoms with E-state index >= 15 is 0 Å². The van der Waals surface area contributed by atoms with Gasteiger partial charge in [0.15, 0.2) is 0 Å². The Kier molecular flexibility index (Phi) is 6.51. The largest absolute Gasteiger partial charge is 0.496 e. The first kappa shape index (κ1) is 19.4. The zero-order chi connectivity index (χ0) is 19.2. The number of carbonyl (C=O) groups is 1. The minimum Gasteiger partial charge on any atom is -0.496 e. The molecule has 144 valence electrons. The van der Waals surface area contributed by atoms with Gasteiger partial charge in [-0.25, -0.2) is 0 Å². The molecule has 1 atom stereocenters. The molecule has 0 heterocycles. The summed E-state index contributed by atoms with van der Waals surface area (Å²) in [5.41, 5.74) is 4.65. The van der Waals surface area contributed by atoms with Gasteiger partial charge in [-0.2, -0.15) is 0 Å². The van der Waals surface area contributed by atoms with Crippen molar-refractivity contribution < 1.29 is 9.53 Å². The van der Waals surface area contributed by atoms with E-state index in [1.54, 1.807) is 7.11 Å². The summed E-state index contributed by atoms with van der Waals surface area (Å²) < 4.78 is 5.53. The first-order valence-corrected chi connectivity index (χ1v) is 9.95. The molecule has 1 aliphatic carbocycles. The molecule has 0 bridgehead atoms. The topological polar surface area (TPSA) is 41.6 Å². The van der Waals surface area contributed by atoms with Crippen LogP contribution in [0, 0.1) is 0 Å². The third-order valence-corrected chi connectivity index (χ3v) is 5.49. The third kappa shape index (κ3) is 4.33. The molecule has 2 aromatic carbocycles. The van der Waals surface area contributed by atoms with Crippen molar-refractivity contribution in [2.75, 3.05) is 20.2 Å². The zero-order valence-electron chi connectivity index (χ0n) is 16.6. The van der Waals surface area contributed by atoms with E-state index in [0.29, 0.717) is 6.04 Å². The highest BCUT2D eigenvalue weighted by Crippen LogP contribution is 2.35. The van der Waals surface area contributed by atoms with Gasteiger partial charge in [-0.3, -0.25) is 4.79 Å². The SMILES string of the molecule is CCN(CC)C(=O)c1ccc(CNC2CCCc3c(OC)cccc32)cc1. The fourth-order valence-corrected chi connectivity index (χ4v) is 3.92. The van der Waals surface area contributed by atoms with E-state index in [1.807, 2.05) is 36.9 Å². The molecule has 4 nitrogen and oxygen atoms in total. The van der Waals surface area contributed by atoms with Crippen molar-refractivity contribution in [1.29, 1.82) is 0 Å². The molecule has 0 aliphatic heterocycles. The summed E-state index contributed by atoms with van der Waals surface area (Å²) in [6.45, 7) is 6.29. The number of amides is 1. The number of methoxy groups -OCH3 is 1. The number of fused-ring (bicyclic) bond motifs is 1. The van der Waals surface area contributed by atoms with Gasteiger partial charge >= 0.3 is 0 Å². The fourth-order valence-electron chi connectivity index (χ4n) is 3.92. The number of hydrogen-bond donors (Lipinski definition) is 1. The lowest BCUT2D eigenvalue weighted by atomic mass is 9.87. The van der Waals surface area contributed by atoms with Crippen molar-refractivity contribution in [2.24, 2.45) is 0 Å². The van der Waals surface area contributed by atoms with Crippen molar-refractivity contribution in [1.82, 2.24) is 10.2 Å². The molecule has 2 aromatic rings. The Morgan fingerprint density at radius 2 is 1.89 bits per heavy atom. The lowest BCUT2D eigenvalue weighted by Crippen LogP contribution is -2.30. The van der Waals surface area contributed by atoms with Crippen molar-refractivity contribution in [3.8, 4) is 5.75 Å². The average Bonchev–Trinajstić information content (AvgIpc) is 2.72. The lowest BCUT2D eigenvalue weighted by Gasteiger charge is -2.28. The number of rotatable bonds is 7. The summed E-state index contributed by atoms with van der Waals surface area (Å²) in [6, 6.07) is 14.7. The first-order valence-electron chi connectivity index (χ1n) is 9.95. The minimum atomic E-state index is 0.104. The molecule has 4 heteroatoms. The highest BCUT2D eigenvalue weighted by Gasteiger charge is 2.22. The summed E-state index contributed by atoms with van der Waals surface area (Å²) in [7, 11) is 1.74. The van der Waals surface area contributed by atoms with E-state index in [2.05, 4.69) is 29.6 Å². The fraction of sp³-hybridized carbons (Fsp3) is 0.435.